The Kier molecular flexibility index (Phi) is 4.96. The summed E-state index contributed by atoms with van der Waals surface area (Å²) in [5.41, 5.74) is 9.66. The Hall–Kier alpha value is -1.17. The van der Waals surface area contributed by atoms with Crippen LogP contribution in [-0.2, 0) is 11.2 Å². The molecule has 2 rings (SSSR count). The molecule has 5 heteroatoms. The molecule has 0 radical (unpaired) electrons. The molecule has 0 aliphatic heterocycles. The lowest BCUT2D eigenvalue weighted by Crippen LogP contribution is -2.57. The number of ether oxygens (including phenoxy) is 1. The SMILES string of the molecule is COC1(C(Cc2ccnc(N)c2)NN)CCC(C)CC1. The minimum Gasteiger partial charge on any atom is -0.384 e. The minimum absolute atomic E-state index is 0.0850. The van der Waals surface area contributed by atoms with Crippen LogP contribution < -0.4 is 17.0 Å². The van der Waals surface area contributed by atoms with Gasteiger partial charge >= 0.3 is 0 Å². The van der Waals surface area contributed by atoms with E-state index in [1.54, 1.807) is 13.3 Å². The van der Waals surface area contributed by atoms with Gasteiger partial charge in [-0.25, -0.2) is 4.98 Å². The van der Waals surface area contributed by atoms with E-state index in [4.69, 9.17) is 16.3 Å². The van der Waals surface area contributed by atoms with Gasteiger partial charge in [-0.3, -0.25) is 11.3 Å². The molecule has 20 heavy (non-hydrogen) atoms. The summed E-state index contributed by atoms with van der Waals surface area (Å²) in [6, 6.07) is 3.97. The number of pyridine rings is 1. The molecule has 1 aliphatic rings. The molecule has 0 bridgehead atoms. The third kappa shape index (κ3) is 3.29. The van der Waals surface area contributed by atoms with Crippen LogP contribution in [-0.4, -0.2) is 23.7 Å². The Balaban J connectivity index is 2.13. The Morgan fingerprint density at radius 1 is 1.50 bits per heavy atom. The molecule has 1 aliphatic carbocycles. The Bertz CT molecular complexity index is 430. The van der Waals surface area contributed by atoms with Crippen molar-refractivity contribution in [1.29, 1.82) is 0 Å². The predicted molar refractivity (Wildman–Crippen MR) is 80.8 cm³/mol. The normalized spacial score (nSPS) is 28.2. The van der Waals surface area contributed by atoms with Crippen molar-refractivity contribution in [3.05, 3.63) is 23.9 Å². The smallest absolute Gasteiger partial charge is 0.123 e. The van der Waals surface area contributed by atoms with Gasteiger partial charge in [-0.15, -0.1) is 0 Å². The van der Waals surface area contributed by atoms with Crippen molar-refractivity contribution < 1.29 is 4.74 Å². The average molecular weight is 278 g/mol. The van der Waals surface area contributed by atoms with Gasteiger partial charge in [0.05, 0.1) is 11.6 Å². The van der Waals surface area contributed by atoms with Crippen LogP contribution in [0.5, 0.6) is 0 Å². The van der Waals surface area contributed by atoms with E-state index in [-0.39, 0.29) is 11.6 Å². The molecule has 1 unspecified atom stereocenters. The lowest BCUT2D eigenvalue weighted by Gasteiger charge is -2.43. The molecule has 1 saturated carbocycles. The molecule has 112 valence electrons. The van der Waals surface area contributed by atoms with E-state index in [1.165, 1.54) is 12.8 Å². The maximum absolute atomic E-state index is 5.89. The largest absolute Gasteiger partial charge is 0.384 e. The van der Waals surface area contributed by atoms with Gasteiger partial charge in [-0.2, -0.15) is 0 Å². The highest BCUT2D eigenvalue weighted by molar-refractivity contribution is 5.32. The molecule has 1 atom stereocenters. The number of nitrogen functional groups attached to an aromatic ring is 1. The summed E-state index contributed by atoms with van der Waals surface area (Å²) >= 11 is 0. The lowest BCUT2D eigenvalue weighted by atomic mass is 9.74. The number of rotatable bonds is 5. The zero-order valence-electron chi connectivity index (χ0n) is 12.4. The van der Waals surface area contributed by atoms with Crippen LogP contribution in [0.2, 0.25) is 0 Å². The van der Waals surface area contributed by atoms with Gasteiger partial charge in [-0.1, -0.05) is 6.92 Å². The van der Waals surface area contributed by atoms with Gasteiger partial charge in [0.15, 0.2) is 0 Å². The molecule has 5 N–H and O–H groups in total. The molecule has 1 aromatic rings. The van der Waals surface area contributed by atoms with E-state index in [0.29, 0.717) is 5.82 Å². The first-order valence-electron chi connectivity index (χ1n) is 7.31. The highest BCUT2D eigenvalue weighted by Gasteiger charge is 2.41. The molecule has 1 heterocycles. The Morgan fingerprint density at radius 2 is 2.20 bits per heavy atom. The summed E-state index contributed by atoms with van der Waals surface area (Å²) < 4.78 is 5.89. The molecular weight excluding hydrogens is 252 g/mol. The fraction of sp³-hybridized carbons (Fsp3) is 0.667. The van der Waals surface area contributed by atoms with Gasteiger partial charge in [0.1, 0.15) is 5.82 Å². The minimum atomic E-state index is -0.181. The summed E-state index contributed by atoms with van der Waals surface area (Å²) in [4.78, 5) is 4.03. The molecule has 0 aromatic carbocycles. The zero-order chi connectivity index (χ0) is 14.6. The van der Waals surface area contributed by atoms with Crippen molar-refractivity contribution in [2.75, 3.05) is 12.8 Å². The molecule has 1 fully saturated rings. The summed E-state index contributed by atoms with van der Waals surface area (Å²) in [7, 11) is 1.79. The highest BCUT2D eigenvalue weighted by Crippen LogP contribution is 2.37. The lowest BCUT2D eigenvalue weighted by molar-refractivity contribution is -0.0746. The van der Waals surface area contributed by atoms with E-state index in [1.807, 2.05) is 12.1 Å². The second-order valence-corrected chi connectivity index (χ2v) is 5.96. The fourth-order valence-corrected chi connectivity index (χ4v) is 3.20. The summed E-state index contributed by atoms with van der Waals surface area (Å²) in [5, 5.41) is 0. The molecule has 5 nitrogen and oxygen atoms in total. The van der Waals surface area contributed by atoms with E-state index < -0.39 is 0 Å². The standard InChI is InChI=1S/C15H26N4O/c1-11-3-6-15(20-2,7-4-11)13(19-17)9-12-5-8-18-14(16)10-12/h5,8,10-11,13,19H,3-4,6-7,9,17H2,1-2H3,(H2,16,18). The van der Waals surface area contributed by atoms with Crippen LogP contribution in [0.4, 0.5) is 5.82 Å². The fourth-order valence-electron chi connectivity index (χ4n) is 3.20. The number of nitrogens with one attached hydrogen (secondary N) is 1. The summed E-state index contributed by atoms with van der Waals surface area (Å²) in [5.74, 6) is 7.12. The molecular formula is C15H26N4O. The maximum atomic E-state index is 5.89. The zero-order valence-corrected chi connectivity index (χ0v) is 12.4. The number of anilines is 1. The van der Waals surface area contributed by atoms with E-state index in [0.717, 1.165) is 30.7 Å². The first-order chi connectivity index (χ1) is 9.59. The molecule has 0 spiro atoms. The van der Waals surface area contributed by atoms with E-state index in [2.05, 4.69) is 17.3 Å². The highest BCUT2D eigenvalue weighted by atomic mass is 16.5. The molecule has 0 amide bonds. The number of nitrogens with two attached hydrogens (primary N) is 2. The van der Waals surface area contributed by atoms with Crippen LogP contribution in [0.15, 0.2) is 18.3 Å². The van der Waals surface area contributed by atoms with Gasteiger partial charge in [0.2, 0.25) is 0 Å². The van der Waals surface area contributed by atoms with Gasteiger partial charge < -0.3 is 10.5 Å². The third-order valence-corrected chi connectivity index (χ3v) is 4.65. The molecule has 0 saturated heterocycles. The van der Waals surface area contributed by atoms with Crippen molar-refractivity contribution in [2.24, 2.45) is 11.8 Å². The number of aromatic nitrogens is 1. The van der Waals surface area contributed by atoms with Crippen LogP contribution in [0.25, 0.3) is 0 Å². The predicted octanol–water partition coefficient (Wildman–Crippen LogP) is 1.63. The second kappa shape index (κ2) is 6.52. The van der Waals surface area contributed by atoms with Crippen LogP contribution >= 0.6 is 0 Å². The van der Waals surface area contributed by atoms with Crippen LogP contribution in [0.3, 0.4) is 0 Å². The van der Waals surface area contributed by atoms with Crippen molar-refractivity contribution >= 4 is 5.82 Å². The van der Waals surface area contributed by atoms with E-state index >= 15 is 0 Å². The van der Waals surface area contributed by atoms with Crippen LogP contribution in [0.1, 0.15) is 38.2 Å². The van der Waals surface area contributed by atoms with Crippen LogP contribution in [0, 0.1) is 5.92 Å². The van der Waals surface area contributed by atoms with Crippen molar-refractivity contribution in [1.82, 2.24) is 10.4 Å². The summed E-state index contributed by atoms with van der Waals surface area (Å²) in [6.07, 6.45) is 6.99. The Labute approximate surface area is 121 Å². The number of methoxy groups -OCH3 is 1. The summed E-state index contributed by atoms with van der Waals surface area (Å²) in [6.45, 7) is 2.30. The Morgan fingerprint density at radius 3 is 2.75 bits per heavy atom. The topological polar surface area (TPSA) is 86.2 Å². The van der Waals surface area contributed by atoms with Crippen molar-refractivity contribution in [3.63, 3.8) is 0 Å². The quantitative estimate of drug-likeness (QED) is 0.563. The molecule has 1 aromatic heterocycles. The second-order valence-electron chi connectivity index (χ2n) is 5.96. The average Bonchev–Trinajstić information content (AvgIpc) is 2.46. The van der Waals surface area contributed by atoms with Crippen molar-refractivity contribution in [2.45, 2.75) is 50.7 Å². The van der Waals surface area contributed by atoms with E-state index in [9.17, 15) is 0 Å². The monoisotopic (exact) mass is 278 g/mol. The number of hydrogen-bond donors (Lipinski definition) is 3. The number of nitrogens with zero attached hydrogens (tertiary/aromatic N) is 1. The van der Waals surface area contributed by atoms with Gasteiger partial charge in [0, 0.05) is 13.3 Å². The van der Waals surface area contributed by atoms with Crippen molar-refractivity contribution in [3.8, 4) is 0 Å². The van der Waals surface area contributed by atoms with Gasteiger partial charge in [0.25, 0.3) is 0 Å². The third-order valence-electron chi connectivity index (χ3n) is 4.65. The number of hydrazine groups is 1. The maximum Gasteiger partial charge on any atom is 0.123 e. The van der Waals surface area contributed by atoms with Gasteiger partial charge in [-0.05, 0) is 55.7 Å². The first-order valence-corrected chi connectivity index (χ1v) is 7.31. The first kappa shape index (κ1) is 15.2. The number of hydrogen-bond acceptors (Lipinski definition) is 5.